The lowest BCUT2D eigenvalue weighted by molar-refractivity contribution is 0.669. The Morgan fingerprint density at radius 2 is 0.839 bits per heavy atom. The number of benzene rings is 10. The Morgan fingerprint density at radius 3 is 1.62 bits per heavy atom. The summed E-state index contributed by atoms with van der Waals surface area (Å²) in [6.45, 7) is 0. The predicted molar refractivity (Wildman–Crippen MR) is 237 cm³/mol. The summed E-state index contributed by atoms with van der Waals surface area (Å²) in [5.41, 5.74) is 12.3. The van der Waals surface area contributed by atoms with Crippen LogP contribution in [0.2, 0.25) is 0 Å². The van der Waals surface area contributed by atoms with Gasteiger partial charge in [-0.3, -0.25) is 0 Å². The topological polar surface area (TPSA) is 16.4 Å². The van der Waals surface area contributed by atoms with Crippen molar-refractivity contribution in [2.75, 3.05) is 4.90 Å². The molecule has 0 bridgehead atoms. The number of hydrogen-bond donors (Lipinski definition) is 0. The number of rotatable bonds is 6. The van der Waals surface area contributed by atoms with E-state index in [0.717, 1.165) is 39.0 Å². The SMILES string of the molecule is c1ccc(-c2cccc3cccc(-c4ccc(N(c5ccc6cc(-c7ccc8ccccc8c7)ccc6c5)c5cccc6oc7ccccc7c56)cc4)c23)cc1. The van der Waals surface area contributed by atoms with Crippen molar-refractivity contribution in [1.29, 1.82) is 0 Å². The number of furan rings is 1. The van der Waals surface area contributed by atoms with E-state index in [1.165, 1.54) is 65.7 Å². The van der Waals surface area contributed by atoms with Crippen molar-refractivity contribution in [3.8, 4) is 33.4 Å². The lowest BCUT2D eigenvalue weighted by atomic mass is 9.91. The van der Waals surface area contributed by atoms with Gasteiger partial charge in [-0.05, 0) is 120 Å². The van der Waals surface area contributed by atoms with Crippen LogP contribution >= 0.6 is 0 Å². The van der Waals surface area contributed by atoms with Gasteiger partial charge in [0.1, 0.15) is 11.2 Å². The predicted octanol–water partition coefficient (Wildman–Crippen LogP) is 15.5. The van der Waals surface area contributed by atoms with Crippen molar-refractivity contribution < 1.29 is 4.42 Å². The van der Waals surface area contributed by atoms with E-state index in [-0.39, 0.29) is 0 Å². The molecule has 0 amide bonds. The molecule has 1 heterocycles. The van der Waals surface area contributed by atoms with Crippen LogP contribution in [0.15, 0.2) is 217 Å². The quantitative estimate of drug-likeness (QED) is 0.171. The summed E-state index contributed by atoms with van der Waals surface area (Å²) in [7, 11) is 0. The summed E-state index contributed by atoms with van der Waals surface area (Å²) >= 11 is 0. The number of hydrogen-bond acceptors (Lipinski definition) is 2. The first-order valence-corrected chi connectivity index (χ1v) is 19.2. The van der Waals surface area contributed by atoms with Gasteiger partial charge in [0.15, 0.2) is 0 Å². The molecule has 11 rings (SSSR count). The van der Waals surface area contributed by atoms with Gasteiger partial charge in [-0.15, -0.1) is 0 Å². The van der Waals surface area contributed by atoms with Gasteiger partial charge in [0.05, 0.1) is 11.1 Å². The first-order chi connectivity index (χ1) is 27.7. The van der Waals surface area contributed by atoms with E-state index in [9.17, 15) is 0 Å². The van der Waals surface area contributed by atoms with Crippen LogP contribution in [-0.2, 0) is 0 Å². The molecule has 0 fully saturated rings. The maximum atomic E-state index is 6.41. The highest BCUT2D eigenvalue weighted by Gasteiger charge is 2.20. The number of fused-ring (bicyclic) bond motifs is 6. The van der Waals surface area contributed by atoms with Crippen LogP contribution in [-0.4, -0.2) is 0 Å². The molecule has 0 N–H and O–H groups in total. The molecule has 0 aliphatic carbocycles. The third kappa shape index (κ3) is 5.42. The molecule has 0 saturated heterocycles. The summed E-state index contributed by atoms with van der Waals surface area (Å²) in [5, 5.41) is 9.58. The molecule has 56 heavy (non-hydrogen) atoms. The average Bonchev–Trinajstić information content (AvgIpc) is 3.66. The van der Waals surface area contributed by atoms with Gasteiger partial charge in [0, 0.05) is 16.8 Å². The maximum absolute atomic E-state index is 6.41. The van der Waals surface area contributed by atoms with Crippen molar-refractivity contribution in [2.24, 2.45) is 0 Å². The highest BCUT2D eigenvalue weighted by atomic mass is 16.3. The van der Waals surface area contributed by atoms with Gasteiger partial charge in [0.2, 0.25) is 0 Å². The van der Waals surface area contributed by atoms with Gasteiger partial charge in [-0.2, -0.15) is 0 Å². The van der Waals surface area contributed by atoms with Crippen LogP contribution in [0.1, 0.15) is 0 Å². The summed E-state index contributed by atoms with van der Waals surface area (Å²) in [6.07, 6.45) is 0. The molecule has 0 spiro atoms. The van der Waals surface area contributed by atoms with Gasteiger partial charge in [0.25, 0.3) is 0 Å². The lowest BCUT2D eigenvalue weighted by Gasteiger charge is -2.27. The molecule has 11 aromatic rings. The lowest BCUT2D eigenvalue weighted by Crippen LogP contribution is -2.10. The summed E-state index contributed by atoms with van der Waals surface area (Å²) < 4.78 is 6.41. The van der Waals surface area contributed by atoms with Crippen molar-refractivity contribution in [2.45, 2.75) is 0 Å². The van der Waals surface area contributed by atoms with Crippen LogP contribution in [0.3, 0.4) is 0 Å². The van der Waals surface area contributed by atoms with E-state index in [1.807, 2.05) is 6.07 Å². The fraction of sp³-hybridized carbons (Fsp3) is 0. The van der Waals surface area contributed by atoms with Crippen LogP contribution < -0.4 is 4.90 Å². The molecule has 262 valence electrons. The van der Waals surface area contributed by atoms with Crippen molar-refractivity contribution >= 4 is 71.3 Å². The van der Waals surface area contributed by atoms with E-state index in [4.69, 9.17) is 4.42 Å². The van der Waals surface area contributed by atoms with E-state index in [2.05, 4.69) is 211 Å². The minimum absolute atomic E-state index is 0.871. The highest BCUT2D eigenvalue weighted by Crippen LogP contribution is 2.45. The molecule has 0 saturated carbocycles. The van der Waals surface area contributed by atoms with Crippen LogP contribution in [0.5, 0.6) is 0 Å². The number of para-hydroxylation sites is 1. The maximum Gasteiger partial charge on any atom is 0.137 e. The van der Waals surface area contributed by atoms with Crippen molar-refractivity contribution in [3.05, 3.63) is 212 Å². The highest BCUT2D eigenvalue weighted by molar-refractivity contribution is 6.14. The molecular weight excluding hydrogens is 679 g/mol. The minimum atomic E-state index is 0.871. The molecular formula is C54H35NO. The Labute approximate surface area is 325 Å². The molecule has 2 nitrogen and oxygen atoms in total. The van der Waals surface area contributed by atoms with Crippen LogP contribution in [0.4, 0.5) is 17.1 Å². The van der Waals surface area contributed by atoms with Crippen molar-refractivity contribution in [3.63, 3.8) is 0 Å². The first kappa shape index (κ1) is 32.0. The monoisotopic (exact) mass is 713 g/mol. The third-order valence-electron chi connectivity index (χ3n) is 11.2. The van der Waals surface area contributed by atoms with Crippen LogP contribution in [0, 0.1) is 0 Å². The summed E-state index contributed by atoms with van der Waals surface area (Å²) in [5.74, 6) is 0. The van der Waals surface area contributed by atoms with E-state index < -0.39 is 0 Å². The minimum Gasteiger partial charge on any atom is -0.456 e. The Kier molecular flexibility index (Phi) is 7.53. The third-order valence-corrected chi connectivity index (χ3v) is 11.2. The Hall–Kier alpha value is -7.42. The molecule has 0 atom stereocenters. The van der Waals surface area contributed by atoms with Crippen molar-refractivity contribution in [1.82, 2.24) is 0 Å². The zero-order chi connectivity index (χ0) is 37.0. The van der Waals surface area contributed by atoms with Crippen LogP contribution in [0.25, 0.3) is 87.6 Å². The van der Waals surface area contributed by atoms with Gasteiger partial charge >= 0.3 is 0 Å². The van der Waals surface area contributed by atoms with Gasteiger partial charge < -0.3 is 9.32 Å². The Morgan fingerprint density at radius 1 is 0.304 bits per heavy atom. The van der Waals surface area contributed by atoms with Gasteiger partial charge in [-0.1, -0.05) is 158 Å². The van der Waals surface area contributed by atoms with E-state index >= 15 is 0 Å². The Balaban J connectivity index is 1.06. The van der Waals surface area contributed by atoms with E-state index in [1.54, 1.807) is 0 Å². The number of anilines is 3. The van der Waals surface area contributed by atoms with E-state index in [0.29, 0.717) is 0 Å². The normalized spacial score (nSPS) is 11.6. The largest absolute Gasteiger partial charge is 0.456 e. The smallest absolute Gasteiger partial charge is 0.137 e. The zero-order valence-corrected chi connectivity index (χ0v) is 30.6. The molecule has 10 aromatic carbocycles. The molecule has 1 aromatic heterocycles. The summed E-state index contributed by atoms with van der Waals surface area (Å²) in [6, 6.07) is 76.5. The second-order valence-corrected chi connectivity index (χ2v) is 14.5. The Bertz CT molecular complexity index is 3240. The number of nitrogens with zero attached hydrogens (tertiary/aromatic N) is 1. The molecule has 2 heteroatoms. The fourth-order valence-electron chi connectivity index (χ4n) is 8.52. The molecule has 0 unspecified atom stereocenters. The molecule has 0 aliphatic rings. The van der Waals surface area contributed by atoms with Gasteiger partial charge in [-0.25, -0.2) is 0 Å². The molecule has 0 aliphatic heterocycles. The second-order valence-electron chi connectivity index (χ2n) is 14.5. The summed E-state index contributed by atoms with van der Waals surface area (Å²) in [4.78, 5) is 2.38. The molecule has 0 radical (unpaired) electrons. The second kappa shape index (κ2) is 13.2. The first-order valence-electron chi connectivity index (χ1n) is 19.2. The fourth-order valence-corrected chi connectivity index (χ4v) is 8.52. The zero-order valence-electron chi connectivity index (χ0n) is 30.6. The standard InChI is InChI=1S/C54H35NO/c1-2-12-37(13-3-1)47-18-8-15-39-16-9-19-48(53(39)47)38-27-30-45(31-28-38)55(50-20-10-22-52-54(50)49-17-6-7-21-51(49)56-52)46-32-29-43-34-42(25-26-44(43)35-46)41-24-23-36-11-4-5-14-40(36)33-41/h1-35H. The average molecular weight is 714 g/mol.